The first-order valence-electron chi connectivity index (χ1n) is 4.48. The van der Waals surface area contributed by atoms with E-state index in [1.165, 1.54) is 0 Å². The Hall–Kier alpha value is -0.240. The van der Waals surface area contributed by atoms with Crippen molar-refractivity contribution >= 4 is 7.82 Å². The third-order valence-electron chi connectivity index (χ3n) is 1.44. The number of phosphoric acid groups is 1. The van der Waals surface area contributed by atoms with E-state index in [1.807, 2.05) is 0 Å². The predicted octanol–water partition coefficient (Wildman–Crippen LogP) is 3.12. The molecule has 0 amide bonds. The van der Waals surface area contributed by atoms with Crippen LogP contribution < -0.4 is 0 Å². The summed E-state index contributed by atoms with van der Waals surface area (Å²) >= 11 is 0. The molecule has 0 heterocycles. The Morgan fingerprint density at radius 1 is 1.06 bits per heavy atom. The predicted molar refractivity (Wildman–Crippen MR) is 47.6 cm³/mol. The Kier molecular flexibility index (Phi) is 6.00. The molecule has 17 heavy (non-hydrogen) atoms. The normalized spacial score (nSPS) is 16.9. The summed E-state index contributed by atoms with van der Waals surface area (Å²) < 4.78 is 78.4. The zero-order chi connectivity index (χ0) is 13.7. The highest BCUT2D eigenvalue weighted by Gasteiger charge is 2.30. The van der Waals surface area contributed by atoms with Crippen molar-refractivity contribution < 1.29 is 40.5 Å². The summed E-state index contributed by atoms with van der Waals surface area (Å²) in [5.74, 6) is -3.09. The lowest BCUT2D eigenvalue weighted by Gasteiger charge is -2.14. The first-order valence-corrected chi connectivity index (χ1v) is 5.97. The minimum absolute atomic E-state index is 0.573. The molecule has 0 aliphatic heterocycles. The van der Waals surface area contributed by atoms with Crippen LogP contribution in [0, 0.1) is 0 Å². The van der Waals surface area contributed by atoms with Crippen LogP contribution in [0.15, 0.2) is 0 Å². The Morgan fingerprint density at radius 2 is 1.47 bits per heavy atom. The maximum Gasteiger partial charge on any atom is 0.472 e. The molecule has 0 aromatic rings. The lowest BCUT2D eigenvalue weighted by molar-refractivity contribution is -0.140. The van der Waals surface area contributed by atoms with Gasteiger partial charge in [0.25, 0.3) is 0 Å². The number of alkyl halides is 5. The van der Waals surface area contributed by atoms with Crippen LogP contribution in [0.1, 0.15) is 19.8 Å². The Labute approximate surface area is 94.3 Å². The van der Waals surface area contributed by atoms with Crippen LogP contribution in [-0.2, 0) is 13.6 Å². The van der Waals surface area contributed by atoms with Crippen LogP contribution >= 0.6 is 7.82 Å². The average molecular weight is 286 g/mol. The largest absolute Gasteiger partial charge is 0.472 e. The summed E-state index contributed by atoms with van der Waals surface area (Å²) in [5.41, 5.74) is 0. The van der Waals surface area contributed by atoms with Crippen molar-refractivity contribution in [2.45, 2.75) is 31.9 Å². The van der Waals surface area contributed by atoms with Gasteiger partial charge >= 0.3 is 14.0 Å². The molecule has 0 aromatic carbocycles. The molecular weight excluding hydrogens is 274 g/mol. The van der Waals surface area contributed by atoms with E-state index >= 15 is 0 Å². The quantitative estimate of drug-likeness (QED) is 0.577. The fraction of sp³-hybridized carbons (Fsp3) is 1.00. The molecule has 0 bridgehead atoms. The maximum atomic E-state index is 12.3. The van der Waals surface area contributed by atoms with Crippen LogP contribution in [0.4, 0.5) is 22.0 Å². The van der Waals surface area contributed by atoms with Crippen molar-refractivity contribution in [3.63, 3.8) is 0 Å². The lowest BCUT2D eigenvalue weighted by Crippen LogP contribution is -2.14. The zero-order valence-electron chi connectivity index (χ0n) is 8.84. The zero-order valence-corrected chi connectivity index (χ0v) is 9.73. The van der Waals surface area contributed by atoms with E-state index in [-0.39, 0.29) is 0 Å². The van der Waals surface area contributed by atoms with Crippen molar-refractivity contribution in [3.8, 4) is 0 Å². The monoisotopic (exact) mass is 286 g/mol. The summed E-state index contributed by atoms with van der Waals surface area (Å²) in [4.78, 5) is 8.81. The van der Waals surface area contributed by atoms with Crippen LogP contribution in [-0.4, -0.2) is 30.2 Å². The van der Waals surface area contributed by atoms with Crippen LogP contribution in [0.25, 0.3) is 0 Å². The van der Waals surface area contributed by atoms with Crippen LogP contribution in [0.2, 0.25) is 0 Å². The van der Waals surface area contributed by atoms with Gasteiger partial charge in [0.2, 0.25) is 5.92 Å². The molecule has 0 radical (unpaired) electrons. The third-order valence-corrected chi connectivity index (χ3v) is 2.45. The fourth-order valence-electron chi connectivity index (χ4n) is 0.654. The van der Waals surface area contributed by atoms with E-state index in [2.05, 4.69) is 9.05 Å². The molecule has 1 unspecified atom stereocenters. The number of hydrogen-bond acceptors (Lipinski definition) is 3. The van der Waals surface area contributed by atoms with Gasteiger partial charge in [-0.15, -0.1) is 0 Å². The molecule has 104 valence electrons. The van der Waals surface area contributed by atoms with Crippen molar-refractivity contribution in [2.24, 2.45) is 0 Å². The molecule has 4 nitrogen and oxygen atoms in total. The lowest BCUT2D eigenvalue weighted by atomic mass is 10.3. The molecule has 10 heteroatoms. The molecule has 1 atom stereocenters. The molecule has 0 spiro atoms. The topological polar surface area (TPSA) is 55.8 Å². The fourth-order valence-corrected chi connectivity index (χ4v) is 1.37. The van der Waals surface area contributed by atoms with Gasteiger partial charge in [-0.3, -0.25) is 9.05 Å². The molecule has 0 saturated carbocycles. The van der Waals surface area contributed by atoms with Gasteiger partial charge in [-0.05, 0) is 6.92 Å². The Morgan fingerprint density at radius 3 is 1.82 bits per heavy atom. The summed E-state index contributed by atoms with van der Waals surface area (Å²) in [6.07, 6.45) is -6.79. The minimum Gasteiger partial charge on any atom is -0.302 e. The molecule has 0 aromatic heterocycles. The summed E-state index contributed by atoms with van der Waals surface area (Å²) in [6, 6.07) is 0. The van der Waals surface area contributed by atoms with Crippen LogP contribution in [0.5, 0.6) is 0 Å². The Balaban J connectivity index is 3.85. The SMILES string of the molecule is CC(F)(F)CCOP(=O)(O)OCCC(F)(F)F. The van der Waals surface area contributed by atoms with Crippen molar-refractivity contribution in [1.29, 1.82) is 0 Å². The first-order chi connectivity index (χ1) is 7.41. The standard InChI is InChI=1S/C7H12F5O4P/c1-6(8,9)2-4-15-17(13,14)16-5-3-7(10,11)12/h2-5H2,1H3,(H,13,14). The average Bonchev–Trinajstić information content (AvgIpc) is 1.96. The summed E-state index contributed by atoms with van der Waals surface area (Å²) in [7, 11) is -4.70. The molecular formula is C7H12F5O4P. The maximum absolute atomic E-state index is 12.3. The second-order valence-electron chi connectivity index (χ2n) is 3.32. The third kappa shape index (κ3) is 12.0. The van der Waals surface area contributed by atoms with E-state index in [0.717, 1.165) is 0 Å². The van der Waals surface area contributed by atoms with Crippen molar-refractivity contribution in [2.75, 3.05) is 13.2 Å². The van der Waals surface area contributed by atoms with Crippen molar-refractivity contribution in [1.82, 2.24) is 0 Å². The number of phosphoric ester groups is 1. The first kappa shape index (κ1) is 16.8. The van der Waals surface area contributed by atoms with Gasteiger partial charge < -0.3 is 4.89 Å². The second kappa shape index (κ2) is 6.08. The van der Waals surface area contributed by atoms with E-state index in [1.54, 1.807) is 0 Å². The highest BCUT2D eigenvalue weighted by Crippen LogP contribution is 2.44. The summed E-state index contributed by atoms with van der Waals surface area (Å²) in [5, 5.41) is 0. The Bertz CT molecular complexity index is 250. The molecule has 0 rings (SSSR count). The summed E-state index contributed by atoms with van der Waals surface area (Å²) in [6.45, 7) is -1.29. The van der Waals surface area contributed by atoms with Gasteiger partial charge in [0, 0.05) is 6.42 Å². The van der Waals surface area contributed by atoms with E-state index in [0.29, 0.717) is 6.92 Å². The second-order valence-corrected chi connectivity index (χ2v) is 4.77. The van der Waals surface area contributed by atoms with E-state index in [4.69, 9.17) is 4.89 Å². The van der Waals surface area contributed by atoms with Gasteiger partial charge in [0.1, 0.15) is 0 Å². The van der Waals surface area contributed by atoms with E-state index < -0.39 is 46.0 Å². The minimum atomic E-state index is -4.70. The molecule has 0 fully saturated rings. The van der Waals surface area contributed by atoms with Gasteiger partial charge in [-0.1, -0.05) is 0 Å². The molecule has 0 saturated heterocycles. The van der Waals surface area contributed by atoms with E-state index in [9.17, 15) is 26.5 Å². The van der Waals surface area contributed by atoms with Gasteiger partial charge in [-0.2, -0.15) is 13.2 Å². The van der Waals surface area contributed by atoms with Crippen molar-refractivity contribution in [3.05, 3.63) is 0 Å². The molecule has 0 aliphatic rings. The number of halogens is 5. The van der Waals surface area contributed by atoms with Gasteiger partial charge in [-0.25, -0.2) is 13.3 Å². The van der Waals surface area contributed by atoms with Gasteiger partial charge in [0.15, 0.2) is 0 Å². The van der Waals surface area contributed by atoms with Crippen LogP contribution in [0.3, 0.4) is 0 Å². The number of hydrogen-bond donors (Lipinski definition) is 1. The highest BCUT2D eigenvalue weighted by molar-refractivity contribution is 7.47. The smallest absolute Gasteiger partial charge is 0.302 e. The molecule has 0 aliphatic carbocycles. The van der Waals surface area contributed by atoms with Gasteiger partial charge in [0.05, 0.1) is 19.6 Å². The number of rotatable bonds is 7. The highest BCUT2D eigenvalue weighted by atomic mass is 31.2. The molecule has 1 N–H and O–H groups in total.